The van der Waals surface area contributed by atoms with E-state index in [9.17, 15) is 4.79 Å². The maximum absolute atomic E-state index is 12.2. The average Bonchev–Trinajstić information content (AvgIpc) is 2.95. The van der Waals surface area contributed by atoms with Crippen LogP contribution in [-0.2, 0) is 7.05 Å². The molecule has 0 bridgehead atoms. The third-order valence-corrected chi connectivity index (χ3v) is 6.16. The van der Waals surface area contributed by atoms with Crippen LogP contribution in [0.3, 0.4) is 0 Å². The number of hydrogen-bond donors (Lipinski definition) is 1. The molecule has 0 aliphatic carbocycles. The van der Waals surface area contributed by atoms with Crippen molar-refractivity contribution in [1.82, 2.24) is 24.7 Å². The van der Waals surface area contributed by atoms with Gasteiger partial charge in [-0.25, -0.2) is 4.98 Å². The summed E-state index contributed by atoms with van der Waals surface area (Å²) in [4.78, 5) is 21.0. The Labute approximate surface area is 217 Å². The smallest absolute Gasteiger partial charge is 0.250 e. The molecule has 0 unspecified atom stereocenters. The predicted molar refractivity (Wildman–Crippen MR) is 146 cm³/mol. The lowest BCUT2D eigenvalue weighted by Gasteiger charge is -2.12. The van der Waals surface area contributed by atoms with Crippen molar-refractivity contribution in [2.75, 3.05) is 12.4 Å². The van der Waals surface area contributed by atoms with E-state index in [4.69, 9.17) is 9.47 Å². The van der Waals surface area contributed by atoms with E-state index in [0.29, 0.717) is 39.8 Å². The van der Waals surface area contributed by atoms with Crippen LogP contribution in [0.15, 0.2) is 96.2 Å². The molecule has 0 amide bonds. The minimum Gasteiger partial charge on any atom is -0.495 e. The van der Waals surface area contributed by atoms with Crippen LogP contribution in [-0.4, -0.2) is 31.8 Å². The van der Waals surface area contributed by atoms with Gasteiger partial charge in [0.25, 0.3) is 5.56 Å². The quantitative estimate of drug-likeness (QED) is 0.319. The zero-order valence-corrected chi connectivity index (χ0v) is 20.6. The number of ether oxygens (including phenoxy) is 2. The summed E-state index contributed by atoms with van der Waals surface area (Å²) >= 11 is 0. The molecule has 0 aliphatic rings. The van der Waals surface area contributed by atoms with Crippen molar-refractivity contribution in [1.29, 1.82) is 0 Å². The highest BCUT2D eigenvalue weighted by molar-refractivity contribution is 6.00. The second-order valence-corrected chi connectivity index (χ2v) is 8.61. The van der Waals surface area contributed by atoms with Gasteiger partial charge >= 0.3 is 0 Å². The molecule has 0 spiro atoms. The summed E-state index contributed by atoms with van der Waals surface area (Å²) in [5, 5.41) is 14.0. The van der Waals surface area contributed by atoms with E-state index in [-0.39, 0.29) is 5.56 Å². The summed E-state index contributed by atoms with van der Waals surface area (Å²) in [6.45, 7) is 0. The summed E-state index contributed by atoms with van der Waals surface area (Å²) in [5.41, 5.74) is 3.43. The first-order valence-corrected chi connectivity index (χ1v) is 11.9. The highest BCUT2D eigenvalue weighted by Gasteiger charge is 2.13. The maximum Gasteiger partial charge on any atom is 0.250 e. The van der Waals surface area contributed by atoms with Crippen LogP contribution in [0.4, 0.5) is 11.5 Å². The first-order chi connectivity index (χ1) is 18.6. The van der Waals surface area contributed by atoms with E-state index < -0.39 is 0 Å². The van der Waals surface area contributed by atoms with E-state index >= 15 is 0 Å². The van der Waals surface area contributed by atoms with Crippen molar-refractivity contribution >= 4 is 33.3 Å². The van der Waals surface area contributed by atoms with Gasteiger partial charge in [-0.2, -0.15) is 0 Å². The SMILES string of the molecule is COc1cnc2c(Oc3ccc(Nc4nnc(-c5ccn(C)c(=O)c5)c5ccccc45)cc3)ccnc2c1. The van der Waals surface area contributed by atoms with Gasteiger partial charge < -0.3 is 19.4 Å². The first kappa shape index (κ1) is 23.1. The van der Waals surface area contributed by atoms with Gasteiger partial charge in [0.05, 0.1) is 18.8 Å². The van der Waals surface area contributed by atoms with Crippen molar-refractivity contribution in [2.24, 2.45) is 7.05 Å². The van der Waals surface area contributed by atoms with Crippen molar-refractivity contribution in [3.63, 3.8) is 0 Å². The van der Waals surface area contributed by atoms with Crippen LogP contribution >= 0.6 is 0 Å². The monoisotopic (exact) mass is 502 g/mol. The summed E-state index contributed by atoms with van der Waals surface area (Å²) in [6.07, 6.45) is 5.04. The Morgan fingerprint density at radius 2 is 1.68 bits per heavy atom. The molecule has 0 saturated heterocycles. The fraction of sp³-hybridized carbons (Fsp3) is 0.0690. The van der Waals surface area contributed by atoms with E-state index in [0.717, 1.165) is 22.0 Å². The van der Waals surface area contributed by atoms with E-state index in [1.165, 1.54) is 4.57 Å². The van der Waals surface area contributed by atoms with Crippen molar-refractivity contribution in [2.45, 2.75) is 0 Å². The number of pyridine rings is 3. The van der Waals surface area contributed by atoms with Gasteiger partial charge in [-0.3, -0.25) is 9.78 Å². The highest BCUT2D eigenvalue weighted by Crippen LogP contribution is 2.32. The number of methoxy groups -OCH3 is 1. The number of fused-ring (bicyclic) bond motifs is 2. The van der Waals surface area contributed by atoms with Crippen LogP contribution in [0.1, 0.15) is 0 Å². The average molecular weight is 503 g/mol. The topological polar surface area (TPSA) is 104 Å². The zero-order valence-electron chi connectivity index (χ0n) is 20.6. The molecule has 0 atom stereocenters. The molecule has 0 aliphatic heterocycles. The number of benzene rings is 2. The number of nitrogens with one attached hydrogen (secondary N) is 1. The summed E-state index contributed by atoms with van der Waals surface area (Å²) in [6, 6.07) is 22.4. The van der Waals surface area contributed by atoms with Crippen molar-refractivity contribution in [3.05, 3.63) is 102 Å². The number of anilines is 2. The molecular formula is C29H22N6O3. The number of aryl methyl sites for hydroxylation is 1. The second-order valence-electron chi connectivity index (χ2n) is 8.61. The first-order valence-electron chi connectivity index (χ1n) is 11.9. The molecule has 2 aromatic carbocycles. The van der Waals surface area contributed by atoms with Crippen LogP contribution in [0.2, 0.25) is 0 Å². The summed E-state index contributed by atoms with van der Waals surface area (Å²) in [7, 11) is 3.31. The fourth-order valence-corrected chi connectivity index (χ4v) is 4.16. The van der Waals surface area contributed by atoms with Crippen LogP contribution in [0.5, 0.6) is 17.2 Å². The van der Waals surface area contributed by atoms with Crippen molar-refractivity contribution < 1.29 is 9.47 Å². The molecular weight excluding hydrogens is 480 g/mol. The Kier molecular flexibility index (Phi) is 5.85. The highest BCUT2D eigenvalue weighted by atomic mass is 16.5. The predicted octanol–water partition coefficient (Wildman–Crippen LogP) is 5.48. The molecule has 186 valence electrons. The largest absolute Gasteiger partial charge is 0.495 e. The molecule has 9 heteroatoms. The minimum atomic E-state index is -0.104. The Balaban J connectivity index is 1.27. The molecule has 1 N–H and O–H groups in total. The van der Waals surface area contributed by atoms with Gasteiger partial charge in [0.2, 0.25) is 0 Å². The van der Waals surface area contributed by atoms with Crippen LogP contribution in [0.25, 0.3) is 33.1 Å². The maximum atomic E-state index is 12.2. The van der Waals surface area contributed by atoms with E-state index in [1.807, 2.05) is 60.7 Å². The molecule has 0 fully saturated rings. The molecule has 9 nitrogen and oxygen atoms in total. The Morgan fingerprint density at radius 1 is 0.868 bits per heavy atom. The summed E-state index contributed by atoms with van der Waals surface area (Å²) < 4.78 is 12.9. The molecule has 6 rings (SSSR count). The van der Waals surface area contributed by atoms with Crippen LogP contribution < -0.4 is 20.3 Å². The zero-order chi connectivity index (χ0) is 26.1. The van der Waals surface area contributed by atoms with Gasteiger partial charge in [-0.05, 0) is 30.3 Å². The van der Waals surface area contributed by atoms with Gasteiger partial charge in [0.1, 0.15) is 22.7 Å². The third kappa shape index (κ3) is 4.37. The minimum absolute atomic E-state index is 0.104. The Bertz CT molecular complexity index is 1850. The number of nitrogens with zero attached hydrogens (tertiary/aromatic N) is 5. The molecule has 38 heavy (non-hydrogen) atoms. The summed E-state index contributed by atoms with van der Waals surface area (Å²) in [5.74, 6) is 2.49. The normalized spacial score (nSPS) is 11.0. The van der Waals surface area contributed by atoms with Gasteiger partial charge in [-0.15, -0.1) is 10.2 Å². The third-order valence-electron chi connectivity index (χ3n) is 6.16. The van der Waals surface area contributed by atoms with E-state index in [2.05, 4.69) is 25.5 Å². The number of hydrogen-bond acceptors (Lipinski definition) is 8. The second kappa shape index (κ2) is 9.62. The van der Waals surface area contributed by atoms with Crippen molar-refractivity contribution in [3.8, 4) is 28.5 Å². The number of rotatable bonds is 6. The fourth-order valence-electron chi connectivity index (χ4n) is 4.16. The Morgan fingerprint density at radius 3 is 2.47 bits per heavy atom. The lowest BCUT2D eigenvalue weighted by atomic mass is 10.1. The molecule has 6 aromatic rings. The standard InChI is InChI=1S/C29H22N6O3/c1-35-14-12-18(15-26(35)36)27-22-5-3-4-6-23(22)29(34-33-27)32-19-7-9-20(10-8-19)38-25-11-13-30-24-16-21(37-2)17-31-28(24)25/h3-17H,1-2H3,(H,32,34). The number of aromatic nitrogens is 5. The van der Waals surface area contributed by atoms with Gasteiger partial charge in [0, 0.05) is 59.7 Å². The van der Waals surface area contributed by atoms with E-state index in [1.54, 1.807) is 44.9 Å². The Hall–Kier alpha value is -5.31. The lowest BCUT2D eigenvalue weighted by molar-refractivity contribution is 0.413. The molecule has 4 aromatic heterocycles. The lowest BCUT2D eigenvalue weighted by Crippen LogP contribution is -2.14. The van der Waals surface area contributed by atoms with Crippen LogP contribution in [0, 0.1) is 0 Å². The van der Waals surface area contributed by atoms with Gasteiger partial charge in [0.15, 0.2) is 11.6 Å². The molecule has 0 saturated carbocycles. The molecule has 4 heterocycles. The molecule has 0 radical (unpaired) electrons. The van der Waals surface area contributed by atoms with Gasteiger partial charge in [-0.1, -0.05) is 24.3 Å².